The molecule has 21 heavy (non-hydrogen) atoms. The van der Waals surface area contributed by atoms with Crippen LogP contribution in [0.25, 0.3) is 0 Å². The van der Waals surface area contributed by atoms with Gasteiger partial charge in [-0.3, -0.25) is 0 Å². The van der Waals surface area contributed by atoms with Gasteiger partial charge in [0.1, 0.15) is 17.5 Å². The third-order valence-corrected chi connectivity index (χ3v) is 3.64. The van der Waals surface area contributed by atoms with Crippen LogP contribution in [0.1, 0.15) is 44.5 Å². The Kier molecular flexibility index (Phi) is 6.23. The van der Waals surface area contributed by atoms with E-state index in [4.69, 9.17) is 4.74 Å². The molecule has 1 fully saturated rings. The van der Waals surface area contributed by atoms with Gasteiger partial charge in [-0.25, -0.2) is 9.97 Å². The minimum Gasteiger partial charge on any atom is -0.379 e. The van der Waals surface area contributed by atoms with E-state index in [0.29, 0.717) is 0 Å². The second kappa shape index (κ2) is 8.17. The molecule has 0 spiro atoms. The Morgan fingerprint density at radius 1 is 1.10 bits per heavy atom. The van der Waals surface area contributed by atoms with Gasteiger partial charge in [0, 0.05) is 31.7 Å². The maximum absolute atomic E-state index is 5.65. The van der Waals surface area contributed by atoms with Crippen LogP contribution in [-0.2, 0) is 11.2 Å². The largest absolute Gasteiger partial charge is 0.379 e. The molecule has 0 aliphatic heterocycles. The molecule has 0 radical (unpaired) electrons. The van der Waals surface area contributed by atoms with Crippen molar-refractivity contribution in [2.45, 2.75) is 46.5 Å². The van der Waals surface area contributed by atoms with Crippen LogP contribution in [-0.4, -0.2) is 36.3 Å². The molecule has 0 unspecified atom stereocenters. The van der Waals surface area contributed by atoms with Crippen LogP contribution in [0.4, 0.5) is 11.6 Å². The molecule has 1 aromatic heterocycles. The van der Waals surface area contributed by atoms with E-state index in [1.54, 1.807) is 0 Å². The Morgan fingerprint density at radius 2 is 1.76 bits per heavy atom. The first-order valence-electron chi connectivity index (χ1n) is 8.17. The number of aromatic nitrogens is 2. The number of hydrogen-bond donors (Lipinski definition) is 2. The van der Waals surface area contributed by atoms with Crippen molar-refractivity contribution in [1.29, 1.82) is 0 Å². The van der Waals surface area contributed by atoms with E-state index in [2.05, 4.69) is 41.4 Å². The van der Waals surface area contributed by atoms with Crippen molar-refractivity contribution in [2.24, 2.45) is 5.92 Å². The summed E-state index contributed by atoms with van der Waals surface area (Å²) in [7, 11) is 0. The number of aryl methyl sites for hydroxylation is 1. The van der Waals surface area contributed by atoms with Crippen LogP contribution in [0.2, 0.25) is 0 Å². The topological polar surface area (TPSA) is 59.1 Å². The molecule has 0 amide bonds. The summed E-state index contributed by atoms with van der Waals surface area (Å²) in [6.07, 6.45) is 4.60. The van der Waals surface area contributed by atoms with E-state index in [0.717, 1.165) is 68.1 Å². The fraction of sp³-hybridized carbons (Fsp3) is 0.750. The molecule has 1 heterocycles. The lowest BCUT2D eigenvalue weighted by molar-refractivity contribution is 0.134. The zero-order valence-electron chi connectivity index (χ0n) is 13.5. The standard InChI is InChI=1S/C16H28N4O/c1-4-8-17-15-12(3)16(20-14(5-2)19-15)18-9-10-21-11-13-6-7-13/h13H,4-11H2,1-3H3,(H2,17,18,19,20). The maximum atomic E-state index is 5.65. The molecular weight excluding hydrogens is 264 g/mol. The Labute approximate surface area is 127 Å². The molecule has 2 rings (SSSR count). The third-order valence-electron chi connectivity index (χ3n) is 3.64. The molecular formula is C16H28N4O. The minimum absolute atomic E-state index is 0.735. The predicted octanol–water partition coefficient (Wildman–Crippen LogP) is 3.01. The van der Waals surface area contributed by atoms with E-state index in [1.165, 1.54) is 12.8 Å². The summed E-state index contributed by atoms with van der Waals surface area (Å²) in [6, 6.07) is 0. The first-order valence-corrected chi connectivity index (χ1v) is 8.17. The van der Waals surface area contributed by atoms with Gasteiger partial charge in [-0.15, -0.1) is 0 Å². The molecule has 5 nitrogen and oxygen atoms in total. The number of rotatable bonds is 10. The third kappa shape index (κ3) is 5.16. The predicted molar refractivity (Wildman–Crippen MR) is 87.0 cm³/mol. The second-order valence-corrected chi connectivity index (χ2v) is 5.69. The molecule has 1 aromatic rings. The molecule has 5 heteroatoms. The Bertz CT molecular complexity index is 446. The molecule has 1 aliphatic carbocycles. The van der Waals surface area contributed by atoms with Gasteiger partial charge in [-0.05, 0) is 32.1 Å². The number of ether oxygens (including phenoxy) is 1. The van der Waals surface area contributed by atoms with E-state index in [9.17, 15) is 0 Å². The summed E-state index contributed by atoms with van der Waals surface area (Å²) < 4.78 is 5.65. The van der Waals surface area contributed by atoms with Crippen LogP contribution in [0.15, 0.2) is 0 Å². The van der Waals surface area contributed by atoms with Gasteiger partial charge in [0.2, 0.25) is 0 Å². The Hall–Kier alpha value is -1.36. The number of nitrogens with zero attached hydrogens (tertiary/aromatic N) is 2. The van der Waals surface area contributed by atoms with E-state index in [-0.39, 0.29) is 0 Å². The van der Waals surface area contributed by atoms with E-state index in [1.807, 2.05) is 0 Å². The van der Waals surface area contributed by atoms with Gasteiger partial charge in [0.25, 0.3) is 0 Å². The Balaban J connectivity index is 1.88. The highest BCUT2D eigenvalue weighted by Gasteiger charge is 2.20. The lowest BCUT2D eigenvalue weighted by atomic mass is 10.2. The van der Waals surface area contributed by atoms with Crippen molar-refractivity contribution in [1.82, 2.24) is 9.97 Å². The van der Waals surface area contributed by atoms with Crippen molar-refractivity contribution >= 4 is 11.6 Å². The fourth-order valence-electron chi connectivity index (χ4n) is 2.08. The second-order valence-electron chi connectivity index (χ2n) is 5.69. The van der Waals surface area contributed by atoms with Gasteiger partial charge >= 0.3 is 0 Å². The SMILES string of the molecule is CCCNc1nc(CC)nc(NCCOCC2CC2)c1C. The smallest absolute Gasteiger partial charge is 0.134 e. The summed E-state index contributed by atoms with van der Waals surface area (Å²) in [6.45, 7) is 9.67. The summed E-state index contributed by atoms with van der Waals surface area (Å²) in [5.74, 6) is 3.57. The monoisotopic (exact) mass is 292 g/mol. The summed E-state index contributed by atoms with van der Waals surface area (Å²) >= 11 is 0. The van der Waals surface area contributed by atoms with Crippen LogP contribution < -0.4 is 10.6 Å². The van der Waals surface area contributed by atoms with Gasteiger partial charge in [-0.1, -0.05) is 13.8 Å². The maximum Gasteiger partial charge on any atom is 0.134 e. The van der Waals surface area contributed by atoms with Crippen molar-refractivity contribution in [3.05, 3.63) is 11.4 Å². The molecule has 0 saturated heterocycles. The first-order chi connectivity index (χ1) is 10.2. The molecule has 0 aromatic carbocycles. The summed E-state index contributed by atoms with van der Waals surface area (Å²) in [5, 5.41) is 6.76. The normalized spacial score (nSPS) is 14.2. The lowest BCUT2D eigenvalue weighted by Gasteiger charge is -2.14. The number of anilines is 2. The first kappa shape index (κ1) is 16.0. The summed E-state index contributed by atoms with van der Waals surface area (Å²) in [4.78, 5) is 9.16. The van der Waals surface area contributed by atoms with Crippen molar-refractivity contribution in [3.8, 4) is 0 Å². The van der Waals surface area contributed by atoms with Crippen LogP contribution >= 0.6 is 0 Å². The molecule has 118 valence electrons. The van der Waals surface area contributed by atoms with Gasteiger partial charge in [-0.2, -0.15) is 0 Å². The van der Waals surface area contributed by atoms with Gasteiger partial charge < -0.3 is 15.4 Å². The van der Waals surface area contributed by atoms with Crippen LogP contribution in [0, 0.1) is 12.8 Å². The average molecular weight is 292 g/mol. The minimum atomic E-state index is 0.735. The zero-order valence-corrected chi connectivity index (χ0v) is 13.5. The van der Waals surface area contributed by atoms with E-state index >= 15 is 0 Å². The zero-order chi connectivity index (χ0) is 15.1. The highest BCUT2D eigenvalue weighted by Crippen LogP contribution is 2.28. The number of nitrogens with one attached hydrogen (secondary N) is 2. The number of hydrogen-bond acceptors (Lipinski definition) is 5. The van der Waals surface area contributed by atoms with Crippen LogP contribution in [0.3, 0.4) is 0 Å². The van der Waals surface area contributed by atoms with Crippen molar-refractivity contribution in [3.63, 3.8) is 0 Å². The van der Waals surface area contributed by atoms with Gasteiger partial charge in [0.15, 0.2) is 0 Å². The molecule has 1 saturated carbocycles. The molecule has 0 bridgehead atoms. The van der Waals surface area contributed by atoms with Gasteiger partial charge in [0.05, 0.1) is 6.61 Å². The quantitative estimate of drug-likeness (QED) is 0.649. The fourth-order valence-corrected chi connectivity index (χ4v) is 2.08. The highest BCUT2D eigenvalue weighted by molar-refractivity contribution is 5.57. The summed E-state index contributed by atoms with van der Waals surface area (Å²) in [5.41, 5.74) is 1.09. The van der Waals surface area contributed by atoms with Crippen molar-refractivity contribution < 1.29 is 4.74 Å². The highest BCUT2D eigenvalue weighted by atomic mass is 16.5. The molecule has 2 N–H and O–H groups in total. The lowest BCUT2D eigenvalue weighted by Crippen LogP contribution is -2.15. The molecule has 0 atom stereocenters. The molecule has 1 aliphatic rings. The van der Waals surface area contributed by atoms with E-state index < -0.39 is 0 Å². The average Bonchev–Trinajstić information content (AvgIpc) is 3.31. The van der Waals surface area contributed by atoms with Crippen molar-refractivity contribution in [2.75, 3.05) is 36.9 Å². The Morgan fingerprint density at radius 3 is 2.33 bits per heavy atom. The van der Waals surface area contributed by atoms with Crippen LogP contribution in [0.5, 0.6) is 0 Å².